The van der Waals surface area contributed by atoms with Gasteiger partial charge in [-0.1, -0.05) is 32.0 Å². The van der Waals surface area contributed by atoms with Gasteiger partial charge >= 0.3 is 0 Å². The smallest absolute Gasteiger partial charge is 0.158 e. The van der Waals surface area contributed by atoms with Crippen LogP contribution >= 0.6 is 0 Å². The normalized spacial score (nSPS) is 11.1. The topological polar surface area (TPSA) is 53.6 Å². The first kappa shape index (κ1) is 11.7. The fourth-order valence-electron chi connectivity index (χ4n) is 2.15. The number of nitrogens with one attached hydrogen (secondary N) is 2. The molecule has 96 valence electrons. The molecule has 2 aromatic heterocycles. The molecule has 0 saturated heterocycles. The molecule has 0 spiro atoms. The Morgan fingerprint density at radius 3 is 2.63 bits per heavy atom. The van der Waals surface area contributed by atoms with Crippen LogP contribution in [0.25, 0.3) is 10.9 Å². The zero-order valence-electron chi connectivity index (χ0n) is 11.0. The van der Waals surface area contributed by atoms with E-state index in [1.165, 1.54) is 0 Å². The highest BCUT2D eigenvalue weighted by molar-refractivity contribution is 5.91. The summed E-state index contributed by atoms with van der Waals surface area (Å²) < 4.78 is 0. The Kier molecular flexibility index (Phi) is 2.91. The molecule has 0 aliphatic rings. The van der Waals surface area contributed by atoms with Crippen molar-refractivity contribution in [2.75, 3.05) is 5.32 Å². The minimum atomic E-state index is 0.414. The fourth-order valence-corrected chi connectivity index (χ4v) is 2.15. The third-order valence-corrected chi connectivity index (χ3v) is 3.12. The molecule has 0 aliphatic heterocycles. The van der Waals surface area contributed by atoms with Crippen LogP contribution in [0.1, 0.15) is 25.5 Å². The number of H-pyrrole nitrogens is 1. The van der Waals surface area contributed by atoms with Gasteiger partial charge in [-0.25, -0.2) is 4.98 Å². The third-order valence-electron chi connectivity index (χ3n) is 3.12. The Morgan fingerprint density at radius 2 is 1.89 bits per heavy atom. The number of para-hydroxylation sites is 1. The summed E-state index contributed by atoms with van der Waals surface area (Å²) in [5.41, 5.74) is 3.04. The largest absolute Gasteiger partial charge is 0.338 e. The number of hydrogen-bond donors (Lipinski definition) is 2. The zero-order chi connectivity index (χ0) is 13.2. The average molecular weight is 252 g/mol. The first-order chi connectivity index (χ1) is 9.25. The van der Waals surface area contributed by atoms with Gasteiger partial charge in [-0.15, -0.1) is 0 Å². The van der Waals surface area contributed by atoms with Crippen LogP contribution in [0.3, 0.4) is 0 Å². The molecule has 0 fully saturated rings. The number of benzene rings is 1. The Balaban J connectivity index is 2.05. The van der Waals surface area contributed by atoms with Gasteiger partial charge in [0.25, 0.3) is 0 Å². The van der Waals surface area contributed by atoms with Crippen LogP contribution in [0.5, 0.6) is 0 Å². The minimum Gasteiger partial charge on any atom is -0.338 e. The fraction of sp³-hybridized carbons (Fsp3) is 0.200. The van der Waals surface area contributed by atoms with Gasteiger partial charge in [-0.05, 0) is 24.1 Å². The van der Waals surface area contributed by atoms with E-state index in [2.05, 4.69) is 34.3 Å². The molecule has 1 aromatic carbocycles. The van der Waals surface area contributed by atoms with Crippen molar-refractivity contribution < 1.29 is 0 Å². The molecule has 0 bridgehead atoms. The number of hydrogen-bond acceptors (Lipinski definition) is 3. The Hall–Kier alpha value is -2.36. The summed E-state index contributed by atoms with van der Waals surface area (Å²) in [6.07, 6.45) is 1.81. The van der Waals surface area contributed by atoms with Gasteiger partial charge in [0.05, 0.1) is 0 Å². The molecule has 0 radical (unpaired) electrons. The van der Waals surface area contributed by atoms with Crippen LogP contribution in [-0.2, 0) is 0 Å². The summed E-state index contributed by atoms with van der Waals surface area (Å²) in [4.78, 5) is 4.38. The van der Waals surface area contributed by atoms with Crippen LogP contribution in [0.2, 0.25) is 0 Å². The molecule has 4 heteroatoms. The Bertz CT molecular complexity index is 686. The van der Waals surface area contributed by atoms with Crippen LogP contribution in [-0.4, -0.2) is 15.2 Å². The second kappa shape index (κ2) is 4.72. The van der Waals surface area contributed by atoms with Crippen LogP contribution in [0, 0.1) is 0 Å². The standard InChI is InChI=1S/C15H16N4/c1-10(2)13-12-8-9-16-15(14(12)19-18-13)17-11-6-4-3-5-7-11/h3-10H,1-2H3,(H,16,17)(H,18,19). The third kappa shape index (κ3) is 2.17. The van der Waals surface area contributed by atoms with Crippen molar-refractivity contribution in [3.63, 3.8) is 0 Å². The van der Waals surface area contributed by atoms with E-state index in [1.807, 2.05) is 42.6 Å². The predicted octanol–water partition coefficient (Wildman–Crippen LogP) is 3.82. The number of rotatable bonds is 3. The molecular formula is C15H16N4. The average Bonchev–Trinajstić information content (AvgIpc) is 2.85. The monoisotopic (exact) mass is 252 g/mol. The van der Waals surface area contributed by atoms with Crippen molar-refractivity contribution in [1.82, 2.24) is 15.2 Å². The lowest BCUT2D eigenvalue weighted by atomic mass is 10.1. The molecule has 0 saturated carbocycles. The molecule has 2 N–H and O–H groups in total. The van der Waals surface area contributed by atoms with E-state index in [1.54, 1.807) is 0 Å². The van der Waals surface area contributed by atoms with E-state index in [0.717, 1.165) is 28.1 Å². The maximum Gasteiger partial charge on any atom is 0.158 e. The van der Waals surface area contributed by atoms with Crippen LogP contribution < -0.4 is 5.32 Å². The molecule has 0 unspecified atom stereocenters. The van der Waals surface area contributed by atoms with Crippen LogP contribution in [0.15, 0.2) is 42.6 Å². The quantitative estimate of drug-likeness (QED) is 0.745. The highest BCUT2D eigenvalue weighted by Gasteiger charge is 2.12. The summed E-state index contributed by atoms with van der Waals surface area (Å²) >= 11 is 0. The van der Waals surface area contributed by atoms with E-state index in [0.29, 0.717) is 5.92 Å². The molecule has 4 nitrogen and oxygen atoms in total. The Labute approximate surface area is 111 Å². The van der Waals surface area contributed by atoms with E-state index in [9.17, 15) is 0 Å². The molecule has 0 atom stereocenters. The molecule has 2 heterocycles. The number of pyridine rings is 1. The van der Waals surface area contributed by atoms with Gasteiger partial charge in [-0.3, -0.25) is 5.10 Å². The van der Waals surface area contributed by atoms with Crippen molar-refractivity contribution in [3.05, 3.63) is 48.3 Å². The van der Waals surface area contributed by atoms with Crippen molar-refractivity contribution >= 4 is 22.4 Å². The molecule has 0 amide bonds. The minimum absolute atomic E-state index is 0.414. The number of aromatic nitrogens is 3. The van der Waals surface area contributed by atoms with E-state index in [-0.39, 0.29) is 0 Å². The summed E-state index contributed by atoms with van der Waals surface area (Å²) in [5.74, 6) is 1.20. The first-order valence-corrected chi connectivity index (χ1v) is 6.41. The summed E-state index contributed by atoms with van der Waals surface area (Å²) in [6.45, 7) is 4.30. The molecular weight excluding hydrogens is 236 g/mol. The van der Waals surface area contributed by atoms with E-state index < -0.39 is 0 Å². The Morgan fingerprint density at radius 1 is 1.11 bits per heavy atom. The maximum atomic E-state index is 4.39. The lowest BCUT2D eigenvalue weighted by Crippen LogP contribution is -1.94. The number of nitrogens with zero attached hydrogens (tertiary/aromatic N) is 2. The highest BCUT2D eigenvalue weighted by Crippen LogP contribution is 2.27. The summed E-state index contributed by atoms with van der Waals surface area (Å²) in [7, 11) is 0. The van der Waals surface area contributed by atoms with E-state index in [4.69, 9.17) is 0 Å². The zero-order valence-corrected chi connectivity index (χ0v) is 11.0. The maximum absolute atomic E-state index is 4.39. The number of aromatic amines is 1. The van der Waals surface area contributed by atoms with Gasteiger partial charge in [0.2, 0.25) is 0 Å². The SMILES string of the molecule is CC(C)c1[nH]nc2c(Nc3ccccc3)nccc12. The molecule has 19 heavy (non-hydrogen) atoms. The van der Waals surface area contributed by atoms with Gasteiger partial charge < -0.3 is 5.32 Å². The van der Waals surface area contributed by atoms with E-state index >= 15 is 0 Å². The number of fused-ring (bicyclic) bond motifs is 1. The van der Waals surface area contributed by atoms with Gasteiger partial charge in [0.15, 0.2) is 5.82 Å². The molecule has 0 aliphatic carbocycles. The second-order valence-electron chi connectivity index (χ2n) is 4.84. The predicted molar refractivity (Wildman–Crippen MR) is 77.7 cm³/mol. The van der Waals surface area contributed by atoms with Crippen molar-refractivity contribution in [2.45, 2.75) is 19.8 Å². The lowest BCUT2D eigenvalue weighted by molar-refractivity contribution is 0.818. The van der Waals surface area contributed by atoms with Gasteiger partial charge in [0.1, 0.15) is 5.52 Å². The second-order valence-corrected chi connectivity index (χ2v) is 4.84. The van der Waals surface area contributed by atoms with Gasteiger partial charge in [0, 0.05) is 23.0 Å². The van der Waals surface area contributed by atoms with Crippen molar-refractivity contribution in [1.29, 1.82) is 0 Å². The van der Waals surface area contributed by atoms with Crippen molar-refractivity contribution in [3.8, 4) is 0 Å². The van der Waals surface area contributed by atoms with Gasteiger partial charge in [-0.2, -0.15) is 5.10 Å². The lowest BCUT2D eigenvalue weighted by Gasteiger charge is -2.06. The van der Waals surface area contributed by atoms with Crippen molar-refractivity contribution in [2.24, 2.45) is 0 Å². The number of anilines is 2. The molecule has 3 rings (SSSR count). The summed E-state index contributed by atoms with van der Waals surface area (Å²) in [5, 5.41) is 11.9. The highest BCUT2D eigenvalue weighted by atomic mass is 15.1. The van der Waals surface area contributed by atoms with Crippen LogP contribution in [0.4, 0.5) is 11.5 Å². The first-order valence-electron chi connectivity index (χ1n) is 6.41. The molecule has 3 aromatic rings. The summed E-state index contributed by atoms with van der Waals surface area (Å²) in [6, 6.07) is 12.0.